The molecule has 0 aliphatic rings. The van der Waals surface area contributed by atoms with Gasteiger partial charge in [0.1, 0.15) is 6.54 Å². The van der Waals surface area contributed by atoms with E-state index in [1.54, 1.807) is 19.1 Å². The topological polar surface area (TPSA) is 108 Å². The molecule has 26 heavy (non-hydrogen) atoms. The van der Waals surface area contributed by atoms with E-state index in [2.05, 4.69) is 25.4 Å². The van der Waals surface area contributed by atoms with Gasteiger partial charge in [0.15, 0.2) is 5.82 Å². The normalized spacial score (nSPS) is 11.9. The predicted molar refractivity (Wildman–Crippen MR) is 100 cm³/mol. The Hall–Kier alpha value is -2.74. The summed E-state index contributed by atoms with van der Waals surface area (Å²) in [6, 6.07) is 5.38. The number of fused-ring (bicyclic) bond motifs is 1. The van der Waals surface area contributed by atoms with Gasteiger partial charge in [0.05, 0.1) is 16.8 Å². The number of H-pyrrole nitrogens is 2. The molecule has 0 saturated heterocycles. The predicted octanol–water partition coefficient (Wildman–Crippen LogP) is 3.31. The number of halogens is 1. The number of nitrogens with one attached hydrogen (secondary N) is 2. The molecule has 0 atom stereocenters. The Bertz CT molecular complexity index is 1090. The SMILES string of the molecule is Cc1c(N=NCc2[nH]nc3ccc(Cl)cc23)n(CC(C)C)c(=O)[nH]c1=O. The fourth-order valence-electron chi connectivity index (χ4n) is 2.65. The largest absolute Gasteiger partial charge is 0.330 e. The lowest BCUT2D eigenvalue weighted by atomic mass is 10.2. The molecule has 0 aliphatic heterocycles. The van der Waals surface area contributed by atoms with E-state index in [0.717, 1.165) is 16.6 Å². The van der Waals surface area contributed by atoms with Crippen LogP contribution in [0.15, 0.2) is 38.0 Å². The third-order valence-corrected chi connectivity index (χ3v) is 4.17. The number of azo groups is 1. The van der Waals surface area contributed by atoms with Crippen LogP contribution in [0, 0.1) is 12.8 Å². The van der Waals surface area contributed by atoms with Crippen LogP contribution in [0.2, 0.25) is 5.02 Å². The molecule has 0 bridgehead atoms. The highest BCUT2D eigenvalue weighted by Gasteiger charge is 2.12. The zero-order valence-electron chi connectivity index (χ0n) is 14.7. The summed E-state index contributed by atoms with van der Waals surface area (Å²) >= 11 is 6.03. The van der Waals surface area contributed by atoms with Crippen molar-refractivity contribution in [1.29, 1.82) is 0 Å². The lowest BCUT2D eigenvalue weighted by molar-refractivity contribution is 0.502. The summed E-state index contributed by atoms with van der Waals surface area (Å²) in [7, 11) is 0. The van der Waals surface area contributed by atoms with Crippen molar-refractivity contribution in [2.75, 3.05) is 0 Å². The van der Waals surface area contributed by atoms with Crippen molar-refractivity contribution in [3.8, 4) is 0 Å². The second-order valence-electron chi connectivity index (χ2n) is 6.48. The van der Waals surface area contributed by atoms with Crippen LogP contribution in [0.5, 0.6) is 0 Å². The van der Waals surface area contributed by atoms with E-state index in [0.29, 0.717) is 17.1 Å². The number of rotatable bonds is 5. The molecule has 9 heteroatoms. The monoisotopic (exact) mass is 374 g/mol. The van der Waals surface area contributed by atoms with Gasteiger partial charge in [-0.25, -0.2) is 4.79 Å². The maximum atomic E-state index is 12.1. The first kappa shape index (κ1) is 18.1. The van der Waals surface area contributed by atoms with Gasteiger partial charge in [-0.1, -0.05) is 25.4 Å². The number of aromatic nitrogens is 4. The van der Waals surface area contributed by atoms with Gasteiger partial charge in [-0.15, -0.1) is 5.11 Å². The number of aromatic amines is 2. The molecule has 0 fully saturated rings. The first-order valence-electron chi connectivity index (χ1n) is 8.20. The van der Waals surface area contributed by atoms with Gasteiger partial charge >= 0.3 is 5.69 Å². The average molecular weight is 375 g/mol. The Morgan fingerprint density at radius 2 is 2.08 bits per heavy atom. The summed E-state index contributed by atoms with van der Waals surface area (Å²) in [5.41, 5.74) is 0.950. The number of hydrogen-bond acceptors (Lipinski definition) is 5. The fourth-order valence-corrected chi connectivity index (χ4v) is 2.82. The highest BCUT2D eigenvalue weighted by molar-refractivity contribution is 6.31. The molecule has 3 aromatic rings. The Balaban J connectivity index is 1.96. The summed E-state index contributed by atoms with van der Waals surface area (Å²) in [6.45, 7) is 6.24. The van der Waals surface area contributed by atoms with Crippen molar-refractivity contribution in [2.24, 2.45) is 16.1 Å². The van der Waals surface area contributed by atoms with Gasteiger partial charge in [0.2, 0.25) is 0 Å². The molecule has 0 spiro atoms. The van der Waals surface area contributed by atoms with Gasteiger partial charge in [0.25, 0.3) is 5.56 Å². The molecule has 3 rings (SSSR count). The van der Waals surface area contributed by atoms with Crippen LogP contribution in [0.4, 0.5) is 5.82 Å². The van der Waals surface area contributed by atoms with Crippen molar-refractivity contribution in [3.05, 3.63) is 55.3 Å². The van der Waals surface area contributed by atoms with E-state index in [-0.39, 0.29) is 18.3 Å². The Kier molecular flexibility index (Phi) is 5.03. The minimum absolute atomic E-state index is 0.214. The molecule has 0 amide bonds. The van der Waals surface area contributed by atoms with Crippen molar-refractivity contribution in [3.63, 3.8) is 0 Å². The first-order valence-corrected chi connectivity index (χ1v) is 8.58. The van der Waals surface area contributed by atoms with Gasteiger partial charge in [-0.3, -0.25) is 19.4 Å². The average Bonchev–Trinajstić information content (AvgIpc) is 2.97. The summed E-state index contributed by atoms with van der Waals surface area (Å²) in [6.07, 6.45) is 0. The summed E-state index contributed by atoms with van der Waals surface area (Å²) < 4.78 is 1.44. The zero-order valence-corrected chi connectivity index (χ0v) is 15.5. The Morgan fingerprint density at radius 3 is 2.81 bits per heavy atom. The van der Waals surface area contributed by atoms with Gasteiger partial charge < -0.3 is 0 Å². The van der Waals surface area contributed by atoms with Crippen molar-refractivity contribution < 1.29 is 0 Å². The molecule has 0 unspecified atom stereocenters. The quantitative estimate of drug-likeness (QED) is 0.668. The highest BCUT2D eigenvalue weighted by atomic mass is 35.5. The Labute approximate surface area is 153 Å². The van der Waals surface area contributed by atoms with E-state index in [4.69, 9.17) is 11.6 Å². The van der Waals surface area contributed by atoms with Crippen LogP contribution < -0.4 is 11.2 Å². The zero-order chi connectivity index (χ0) is 18.8. The van der Waals surface area contributed by atoms with E-state index < -0.39 is 11.2 Å². The van der Waals surface area contributed by atoms with E-state index in [1.165, 1.54) is 4.57 Å². The smallest absolute Gasteiger partial charge is 0.279 e. The fraction of sp³-hybridized carbons (Fsp3) is 0.353. The first-order chi connectivity index (χ1) is 12.4. The second-order valence-corrected chi connectivity index (χ2v) is 6.91. The van der Waals surface area contributed by atoms with Gasteiger partial charge in [-0.2, -0.15) is 10.2 Å². The van der Waals surface area contributed by atoms with Crippen LogP contribution in [0.25, 0.3) is 10.9 Å². The maximum Gasteiger partial charge on any atom is 0.330 e. The lowest BCUT2D eigenvalue weighted by Gasteiger charge is -2.12. The highest BCUT2D eigenvalue weighted by Crippen LogP contribution is 2.22. The third kappa shape index (κ3) is 3.60. The molecular weight excluding hydrogens is 356 g/mol. The van der Waals surface area contributed by atoms with E-state index >= 15 is 0 Å². The third-order valence-electron chi connectivity index (χ3n) is 3.93. The molecule has 8 nitrogen and oxygen atoms in total. The van der Waals surface area contributed by atoms with Crippen molar-refractivity contribution in [2.45, 2.75) is 33.9 Å². The van der Waals surface area contributed by atoms with Gasteiger partial charge in [0, 0.05) is 17.0 Å². The van der Waals surface area contributed by atoms with E-state index in [1.807, 2.05) is 19.9 Å². The molecule has 1 aromatic carbocycles. The second kappa shape index (κ2) is 7.25. The number of nitrogens with zero attached hydrogens (tertiary/aromatic N) is 4. The molecule has 2 heterocycles. The molecule has 0 radical (unpaired) electrons. The standard InChI is InChI=1S/C17H19ClN6O2/c1-9(2)8-24-15(10(3)16(25)20-17(24)26)23-19-7-14-12-6-11(18)4-5-13(12)21-22-14/h4-6,9H,7-8H2,1-3H3,(H,21,22)(H,20,25,26). The van der Waals surface area contributed by atoms with Crippen molar-refractivity contribution in [1.82, 2.24) is 19.7 Å². The molecule has 2 N–H and O–H groups in total. The summed E-state index contributed by atoms with van der Waals surface area (Å²) in [4.78, 5) is 26.3. The molecule has 0 saturated carbocycles. The summed E-state index contributed by atoms with van der Waals surface area (Å²) in [5.74, 6) is 0.486. The Morgan fingerprint density at radius 1 is 1.31 bits per heavy atom. The molecule has 136 valence electrons. The minimum atomic E-state index is -0.484. The molecular formula is C17H19ClN6O2. The van der Waals surface area contributed by atoms with Crippen LogP contribution in [0.1, 0.15) is 25.1 Å². The van der Waals surface area contributed by atoms with Crippen LogP contribution in [-0.4, -0.2) is 19.7 Å². The summed E-state index contributed by atoms with van der Waals surface area (Å²) in [5, 5.41) is 16.9. The van der Waals surface area contributed by atoms with Crippen LogP contribution in [0.3, 0.4) is 0 Å². The molecule has 0 aliphatic carbocycles. The maximum absolute atomic E-state index is 12.1. The van der Waals surface area contributed by atoms with Crippen LogP contribution >= 0.6 is 11.6 Å². The number of benzene rings is 1. The van der Waals surface area contributed by atoms with E-state index in [9.17, 15) is 9.59 Å². The lowest BCUT2D eigenvalue weighted by Crippen LogP contribution is -2.32. The van der Waals surface area contributed by atoms with Crippen molar-refractivity contribution >= 4 is 28.3 Å². The number of hydrogen-bond donors (Lipinski definition) is 2. The minimum Gasteiger partial charge on any atom is -0.279 e. The van der Waals surface area contributed by atoms with Gasteiger partial charge in [-0.05, 0) is 31.0 Å². The van der Waals surface area contributed by atoms with Crippen LogP contribution in [-0.2, 0) is 13.1 Å². The molecule has 2 aromatic heterocycles.